The molecule has 0 saturated heterocycles. The van der Waals surface area contributed by atoms with E-state index in [1.165, 1.54) is 0 Å². The number of thiophene rings is 1. The van der Waals surface area contributed by atoms with E-state index in [-0.39, 0.29) is 42.3 Å². The van der Waals surface area contributed by atoms with Gasteiger partial charge >= 0.3 is 5.97 Å². The van der Waals surface area contributed by atoms with Crippen LogP contribution < -0.4 is 4.74 Å². The lowest BCUT2D eigenvalue weighted by atomic mass is 10.2. The van der Waals surface area contributed by atoms with E-state index >= 15 is 0 Å². The van der Waals surface area contributed by atoms with Crippen molar-refractivity contribution in [1.29, 1.82) is 0 Å². The van der Waals surface area contributed by atoms with Crippen molar-refractivity contribution in [2.45, 2.75) is 6.61 Å². The number of hydrogen-bond acceptors (Lipinski definition) is 3. The van der Waals surface area contributed by atoms with Crippen molar-refractivity contribution in [3.05, 3.63) is 47.0 Å². The zero-order chi connectivity index (χ0) is 15.7. The van der Waals surface area contributed by atoms with Gasteiger partial charge in [-0.2, -0.15) is 0 Å². The minimum atomic E-state index is -1.03. The quantitative estimate of drug-likeness (QED) is 0.479. The van der Waals surface area contributed by atoms with Crippen molar-refractivity contribution in [2.75, 3.05) is 0 Å². The number of hydrogen-bond donors (Lipinski definition) is 1. The second-order valence-electron chi connectivity index (χ2n) is 3.77. The van der Waals surface area contributed by atoms with Gasteiger partial charge in [0, 0.05) is 5.56 Å². The largest absolute Gasteiger partial charge is 0.486 e. The SMILES string of the molecule is O=C(O)c1sccc1COc1c(Cl)c(Cl)c(Cl)c(Cl)c1Cl. The highest BCUT2D eigenvalue weighted by molar-refractivity contribution is 7.12. The molecule has 0 unspecified atom stereocenters. The fourth-order valence-electron chi connectivity index (χ4n) is 1.50. The van der Waals surface area contributed by atoms with Crippen LogP contribution in [0.25, 0.3) is 0 Å². The molecule has 1 N–H and O–H groups in total. The molecular weight excluding hydrogens is 401 g/mol. The Morgan fingerprint density at radius 3 is 2.10 bits per heavy atom. The summed E-state index contributed by atoms with van der Waals surface area (Å²) in [5, 5.41) is 10.8. The molecule has 0 aliphatic rings. The summed E-state index contributed by atoms with van der Waals surface area (Å²) in [6.07, 6.45) is 0. The number of carboxylic acids is 1. The molecule has 3 nitrogen and oxygen atoms in total. The standard InChI is InChI=1S/C12H5Cl5O3S/c13-5-6(14)8(16)10(9(17)7(5)15)20-3-4-1-2-21-11(4)12(18)19/h1-2H,3H2,(H,18,19). The van der Waals surface area contributed by atoms with Crippen molar-refractivity contribution in [3.8, 4) is 5.75 Å². The van der Waals surface area contributed by atoms with Crippen LogP contribution in [-0.4, -0.2) is 11.1 Å². The van der Waals surface area contributed by atoms with Crippen molar-refractivity contribution >= 4 is 75.3 Å². The van der Waals surface area contributed by atoms with Crippen LogP contribution in [0.4, 0.5) is 0 Å². The van der Waals surface area contributed by atoms with Crippen LogP contribution in [0.2, 0.25) is 25.1 Å². The van der Waals surface area contributed by atoms with Crippen molar-refractivity contribution in [1.82, 2.24) is 0 Å². The molecule has 0 aliphatic carbocycles. The van der Waals surface area contributed by atoms with Gasteiger partial charge in [-0.1, -0.05) is 58.0 Å². The summed E-state index contributed by atoms with van der Waals surface area (Å²) in [6.45, 7) is -0.0428. The van der Waals surface area contributed by atoms with Gasteiger partial charge in [-0.3, -0.25) is 0 Å². The Morgan fingerprint density at radius 1 is 1.05 bits per heavy atom. The molecule has 21 heavy (non-hydrogen) atoms. The molecule has 1 aromatic carbocycles. The number of aromatic carboxylic acids is 1. The average Bonchev–Trinajstić information content (AvgIpc) is 2.91. The molecule has 0 aliphatic heterocycles. The van der Waals surface area contributed by atoms with E-state index in [9.17, 15) is 4.79 Å². The van der Waals surface area contributed by atoms with Crippen LogP contribution in [0.5, 0.6) is 5.75 Å². The summed E-state index contributed by atoms with van der Waals surface area (Å²) in [6, 6.07) is 1.63. The minimum absolute atomic E-state index is 0.0168. The van der Waals surface area contributed by atoms with Crippen LogP contribution >= 0.6 is 69.3 Å². The monoisotopic (exact) mass is 404 g/mol. The first-order valence-corrected chi connectivity index (χ1v) is 8.05. The Labute approximate surface area is 148 Å². The van der Waals surface area contributed by atoms with E-state index in [2.05, 4.69) is 0 Å². The minimum Gasteiger partial charge on any atom is -0.486 e. The smallest absolute Gasteiger partial charge is 0.346 e. The van der Waals surface area contributed by atoms with Crippen molar-refractivity contribution < 1.29 is 14.6 Å². The highest BCUT2D eigenvalue weighted by Crippen LogP contribution is 2.48. The lowest BCUT2D eigenvalue weighted by molar-refractivity contribution is 0.0699. The Hall–Kier alpha value is -0.360. The molecule has 0 bridgehead atoms. The third-order valence-corrected chi connectivity index (χ3v) is 5.67. The summed E-state index contributed by atoms with van der Waals surface area (Å²) in [7, 11) is 0. The number of halogens is 5. The zero-order valence-electron chi connectivity index (χ0n) is 9.92. The lowest BCUT2D eigenvalue weighted by Gasteiger charge is -2.13. The molecule has 0 saturated carbocycles. The van der Waals surface area contributed by atoms with E-state index < -0.39 is 5.97 Å². The van der Waals surface area contributed by atoms with Crippen molar-refractivity contribution in [2.24, 2.45) is 0 Å². The van der Waals surface area contributed by atoms with E-state index in [1.54, 1.807) is 11.4 Å². The summed E-state index contributed by atoms with van der Waals surface area (Å²) >= 11 is 30.8. The van der Waals surface area contributed by atoms with Gasteiger partial charge in [0.25, 0.3) is 0 Å². The fourth-order valence-corrected chi connectivity index (χ4v) is 3.48. The maximum Gasteiger partial charge on any atom is 0.346 e. The Morgan fingerprint density at radius 2 is 1.57 bits per heavy atom. The summed E-state index contributed by atoms with van der Waals surface area (Å²) < 4.78 is 5.47. The third-order valence-electron chi connectivity index (χ3n) is 2.48. The van der Waals surface area contributed by atoms with Crippen LogP contribution in [0.15, 0.2) is 11.4 Å². The summed E-state index contributed by atoms with van der Waals surface area (Å²) in [4.78, 5) is 11.2. The molecule has 0 atom stereocenters. The average molecular weight is 407 g/mol. The normalized spacial score (nSPS) is 10.7. The van der Waals surface area contributed by atoms with Crippen LogP contribution in [-0.2, 0) is 6.61 Å². The number of ether oxygens (including phenoxy) is 1. The fraction of sp³-hybridized carbons (Fsp3) is 0.0833. The first kappa shape index (κ1) is 17.0. The topological polar surface area (TPSA) is 46.5 Å². The van der Waals surface area contributed by atoms with Gasteiger partial charge in [-0.15, -0.1) is 11.3 Å². The van der Waals surface area contributed by atoms with Gasteiger partial charge in [0.05, 0.1) is 15.1 Å². The lowest BCUT2D eigenvalue weighted by Crippen LogP contribution is -2.02. The zero-order valence-corrected chi connectivity index (χ0v) is 14.5. The molecule has 112 valence electrons. The Balaban J connectivity index is 2.33. The maximum atomic E-state index is 11.0. The molecule has 1 heterocycles. The van der Waals surface area contributed by atoms with Gasteiger partial charge in [-0.05, 0) is 11.4 Å². The predicted octanol–water partition coefficient (Wildman–Crippen LogP) is 6.29. The first-order valence-electron chi connectivity index (χ1n) is 5.28. The third kappa shape index (κ3) is 3.36. The van der Waals surface area contributed by atoms with E-state index in [0.717, 1.165) is 11.3 Å². The second-order valence-corrected chi connectivity index (χ2v) is 6.57. The highest BCUT2D eigenvalue weighted by atomic mass is 35.5. The molecule has 2 aromatic rings. The van der Waals surface area contributed by atoms with Gasteiger partial charge in [0.1, 0.15) is 21.5 Å². The summed E-state index contributed by atoms with van der Waals surface area (Å²) in [5.74, 6) is -0.978. The van der Waals surface area contributed by atoms with Crippen LogP contribution in [0.1, 0.15) is 15.2 Å². The molecule has 0 spiro atoms. The summed E-state index contributed by atoms with van der Waals surface area (Å²) in [5.41, 5.74) is 0.488. The highest BCUT2D eigenvalue weighted by Gasteiger charge is 2.21. The van der Waals surface area contributed by atoms with Crippen LogP contribution in [0.3, 0.4) is 0 Å². The van der Waals surface area contributed by atoms with Gasteiger partial charge in [0.15, 0.2) is 5.75 Å². The van der Waals surface area contributed by atoms with Crippen molar-refractivity contribution in [3.63, 3.8) is 0 Å². The molecule has 9 heteroatoms. The number of rotatable bonds is 4. The number of carbonyl (C=O) groups is 1. The number of carboxylic acid groups (broad SMARTS) is 1. The molecule has 2 rings (SSSR count). The first-order chi connectivity index (χ1) is 9.84. The molecule has 0 radical (unpaired) electrons. The maximum absolute atomic E-state index is 11.0. The van der Waals surface area contributed by atoms with Crippen LogP contribution in [0, 0.1) is 0 Å². The predicted molar refractivity (Wildman–Crippen MR) is 87.1 cm³/mol. The van der Waals surface area contributed by atoms with E-state index in [0.29, 0.717) is 5.56 Å². The molecule has 1 aromatic heterocycles. The molecular formula is C12H5Cl5O3S. The van der Waals surface area contributed by atoms with E-state index in [1.807, 2.05) is 0 Å². The Kier molecular flexibility index (Phi) is 5.52. The van der Waals surface area contributed by atoms with Gasteiger partial charge in [-0.25, -0.2) is 4.79 Å². The number of benzene rings is 1. The van der Waals surface area contributed by atoms with Gasteiger partial charge < -0.3 is 9.84 Å². The molecule has 0 amide bonds. The van der Waals surface area contributed by atoms with E-state index in [4.69, 9.17) is 67.8 Å². The van der Waals surface area contributed by atoms with Gasteiger partial charge in [0.2, 0.25) is 0 Å². The Bertz CT molecular complexity index is 684. The second kappa shape index (κ2) is 6.82. The molecule has 0 fully saturated rings.